The maximum absolute atomic E-state index is 12.2. The zero-order valence-electron chi connectivity index (χ0n) is 13.9. The Hall–Kier alpha value is -1.47. The van der Waals surface area contributed by atoms with Crippen LogP contribution in [0, 0.1) is 0 Å². The molecule has 1 aromatic rings. The summed E-state index contributed by atoms with van der Waals surface area (Å²) in [5.74, 6) is -1.02. The molecule has 0 amide bonds. The fourth-order valence-electron chi connectivity index (χ4n) is 2.49. The van der Waals surface area contributed by atoms with Gasteiger partial charge in [-0.1, -0.05) is 22.6 Å². The van der Waals surface area contributed by atoms with Crippen molar-refractivity contribution in [1.29, 1.82) is 0 Å². The minimum absolute atomic E-state index is 0.119. The number of hydrogen-bond acceptors (Lipinski definition) is 7. The number of halogens is 2. The van der Waals surface area contributed by atoms with Gasteiger partial charge < -0.3 is 14.2 Å². The Kier molecular flexibility index (Phi) is 7.17. The van der Waals surface area contributed by atoms with E-state index in [-0.39, 0.29) is 18.6 Å². The first-order valence-electron chi connectivity index (χ1n) is 7.50. The average Bonchev–Trinajstić information content (AvgIpc) is 2.94. The first-order chi connectivity index (χ1) is 12.2. The molecule has 0 spiro atoms. The van der Waals surface area contributed by atoms with E-state index in [0.717, 1.165) is 0 Å². The van der Waals surface area contributed by atoms with E-state index in [4.69, 9.17) is 14.2 Å². The van der Waals surface area contributed by atoms with Crippen LogP contribution in [0.25, 0.3) is 4.48 Å². The van der Waals surface area contributed by atoms with Crippen molar-refractivity contribution in [3.8, 4) is 0 Å². The van der Waals surface area contributed by atoms with Gasteiger partial charge in [0.1, 0.15) is 25.0 Å². The molecule has 0 saturated carbocycles. The number of aromatic nitrogens is 2. The molecule has 142 valence electrons. The van der Waals surface area contributed by atoms with Crippen LogP contribution in [0.4, 0.5) is 0 Å². The summed E-state index contributed by atoms with van der Waals surface area (Å²) in [6.45, 7) is 2.38. The van der Waals surface area contributed by atoms with Gasteiger partial charge in [0.2, 0.25) is 0 Å². The number of rotatable bonds is 5. The van der Waals surface area contributed by atoms with Gasteiger partial charge in [0, 0.05) is 30.9 Å². The van der Waals surface area contributed by atoms with Gasteiger partial charge in [-0.3, -0.25) is 23.9 Å². The Morgan fingerprint density at radius 1 is 1.42 bits per heavy atom. The van der Waals surface area contributed by atoms with Crippen molar-refractivity contribution in [3.05, 3.63) is 36.7 Å². The van der Waals surface area contributed by atoms with E-state index in [2.05, 4.69) is 20.9 Å². The lowest BCUT2D eigenvalue weighted by atomic mass is 10.2. The summed E-state index contributed by atoms with van der Waals surface area (Å²) >= 11 is 5.20. The molecule has 0 unspecified atom stereocenters. The normalized spacial score (nSPS) is 22.9. The van der Waals surface area contributed by atoms with E-state index >= 15 is 0 Å². The third-order valence-electron chi connectivity index (χ3n) is 3.58. The van der Waals surface area contributed by atoms with Crippen LogP contribution < -0.4 is 11.2 Å². The monoisotopic (exact) mass is 542 g/mol. The Bertz CT molecular complexity index is 847. The van der Waals surface area contributed by atoms with Gasteiger partial charge in [-0.25, -0.2) is 4.79 Å². The van der Waals surface area contributed by atoms with E-state index in [9.17, 15) is 19.2 Å². The van der Waals surface area contributed by atoms with Crippen LogP contribution in [-0.2, 0) is 23.8 Å². The summed E-state index contributed by atoms with van der Waals surface area (Å²) in [6, 6.07) is 0. The Balaban J connectivity index is 2.33. The topological polar surface area (TPSA) is 117 Å². The minimum Gasteiger partial charge on any atom is -0.463 e. The van der Waals surface area contributed by atoms with Crippen molar-refractivity contribution in [3.63, 3.8) is 0 Å². The predicted molar refractivity (Wildman–Crippen MR) is 103 cm³/mol. The molecule has 1 aliphatic rings. The quantitative estimate of drug-likeness (QED) is 0.442. The molecule has 1 N–H and O–H groups in total. The number of nitrogens with one attached hydrogen (secondary N) is 1. The summed E-state index contributed by atoms with van der Waals surface area (Å²) in [5, 5.41) is 0. The smallest absolute Gasteiger partial charge is 0.330 e. The zero-order valence-corrected chi connectivity index (χ0v) is 17.6. The van der Waals surface area contributed by atoms with Gasteiger partial charge >= 0.3 is 17.6 Å². The predicted octanol–water partition coefficient (Wildman–Crippen LogP) is 1.45. The molecule has 0 bridgehead atoms. The van der Waals surface area contributed by atoms with Crippen molar-refractivity contribution in [2.45, 2.75) is 38.7 Å². The molecule has 11 heteroatoms. The van der Waals surface area contributed by atoms with Gasteiger partial charge in [0.15, 0.2) is 0 Å². The van der Waals surface area contributed by atoms with Gasteiger partial charge in [0.25, 0.3) is 5.56 Å². The zero-order chi connectivity index (χ0) is 19.4. The molecule has 2 rings (SSSR count). The fraction of sp³-hybridized carbons (Fsp3) is 0.467. The van der Waals surface area contributed by atoms with E-state index in [1.165, 1.54) is 24.6 Å². The molecule has 1 aromatic heterocycles. The molecule has 0 aromatic carbocycles. The van der Waals surface area contributed by atoms with Crippen LogP contribution in [0.3, 0.4) is 0 Å². The highest BCUT2D eigenvalue weighted by molar-refractivity contribution is 14.1. The number of carbonyl (C=O) groups excluding carboxylic acids is 2. The Labute approximate surface area is 170 Å². The number of hydrogen-bond donors (Lipinski definition) is 1. The maximum atomic E-state index is 12.2. The van der Waals surface area contributed by atoms with Crippen LogP contribution in [0.2, 0.25) is 0 Å². The van der Waals surface area contributed by atoms with Crippen LogP contribution in [0.5, 0.6) is 0 Å². The van der Waals surface area contributed by atoms with Crippen molar-refractivity contribution >= 4 is 54.9 Å². The first-order valence-corrected chi connectivity index (χ1v) is 9.54. The minimum atomic E-state index is -0.794. The fourth-order valence-corrected chi connectivity index (χ4v) is 3.10. The van der Waals surface area contributed by atoms with E-state index in [1.807, 2.05) is 22.6 Å². The van der Waals surface area contributed by atoms with Gasteiger partial charge in [-0.2, -0.15) is 0 Å². The summed E-state index contributed by atoms with van der Waals surface area (Å²) in [5.41, 5.74) is -0.959. The lowest BCUT2D eigenvalue weighted by molar-refractivity contribution is -0.155. The third kappa shape index (κ3) is 5.04. The number of aromatic amines is 1. The Morgan fingerprint density at radius 2 is 2.12 bits per heavy atom. The molecule has 9 nitrogen and oxygen atoms in total. The highest BCUT2D eigenvalue weighted by atomic mass is 127. The average molecular weight is 543 g/mol. The summed E-state index contributed by atoms with van der Waals surface area (Å²) in [6.07, 6.45) is -0.675. The van der Waals surface area contributed by atoms with Crippen molar-refractivity contribution < 1.29 is 23.8 Å². The highest BCUT2D eigenvalue weighted by Crippen LogP contribution is 2.31. The van der Waals surface area contributed by atoms with Crippen LogP contribution >= 0.6 is 38.5 Å². The number of esters is 2. The summed E-state index contributed by atoms with van der Waals surface area (Å²) in [7, 11) is 0. The SMILES string of the molecule is CC(=O)OC[C@H]1O[C@@H](n2cc(C(Br)=CI)c(=O)[nH]c2=O)C[C@@H]1OC(C)=O. The second-order valence-electron chi connectivity index (χ2n) is 5.48. The van der Waals surface area contributed by atoms with E-state index in [1.54, 1.807) is 4.08 Å². The van der Waals surface area contributed by atoms with Crippen molar-refractivity contribution in [2.24, 2.45) is 0 Å². The third-order valence-corrected chi connectivity index (χ3v) is 5.71. The number of carbonyl (C=O) groups is 2. The molecule has 1 saturated heterocycles. The summed E-state index contributed by atoms with van der Waals surface area (Å²) in [4.78, 5) is 48.7. The number of nitrogens with zero attached hydrogens (tertiary/aromatic N) is 1. The molecular weight excluding hydrogens is 527 g/mol. The summed E-state index contributed by atoms with van der Waals surface area (Å²) < 4.78 is 19.2. The number of H-pyrrole nitrogens is 1. The molecule has 1 fully saturated rings. The van der Waals surface area contributed by atoms with Crippen molar-refractivity contribution in [2.75, 3.05) is 6.61 Å². The Morgan fingerprint density at radius 3 is 2.69 bits per heavy atom. The van der Waals surface area contributed by atoms with Crippen LogP contribution in [-0.4, -0.2) is 40.3 Å². The molecule has 1 aliphatic heterocycles. The lowest BCUT2D eigenvalue weighted by Gasteiger charge is -2.17. The maximum Gasteiger partial charge on any atom is 0.330 e. The molecule has 0 radical (unpaired) electrons. The second-order valence-corrected chi connectivity index (χ2v) is 6.96. The van der Waals surface area contributed by atoms with Gasteiger partial charge in [-0.05, 0) is 20.0 Å². The van der Waals surface area contributed by atoms with Gasteiger partial charge in [0.05, 0.1) is 5.56 Å². The molecule has 3 atom stereocenters. The standard InChI is InChI=1S/C15H16BrIN2O7/c1-7(20)24-6-12-11(25-8(2)21)3-13(26-12)19-5-9(10(16)4-17)14(22)18-15(19)23/h4-5,11-13H,3,6H2,1-2H3,(H,18,22,23)/t11-,12+,13+/m0/s1. The van der Waals surface area contributed by atoms with E-state index in [0.29, 0.717) is 4.48 Å². The van der Waals surface area contributed by atoms with E-state index < -0.39 is 41.6 Å². The number of ether oxygens (including phenoxy) is 3. The highest BCUT2D eigenvalue weighted by Gasteiger charge is 2.39. The lowest BCUT2D eigenvalue weighted by Crippen LogP contribution is -2.34. The second kappa shape index (κ2) is 8.95. The molecule has 26 heavy (non-hydrogen) atoms. The first kappa shape index (κ1) is 20.8. The molecule has 0 aliphatic carbocycles. The van der Waals surface area contributed by atoms with Crippen LogP contribution in [0.15, 0.2) is 19.9 Å². The van der Waals surface area contributed by atoms with Crippen LogP contribution in [0.1, 0.15) is 32.1 Å². The van der Waals surface area contributed by atoms with Gasteiger partial charge in [-0.15, -0.1) is 0 Å². The molecular formula is C15H16BrIN2O7. The van der Waals surface area contributed by atoms with Crippen molar-refractivity contribution in [1.82, 2.24) is 9.55 Å². The largest absolute Gasteiger partial charge is 0.463 e. The molecule has 2 heterocycles.